The zero-order chi connectivity index (χ0) is 9.56. The lowest BCUT2D eigenvalue weighted by Gasteiger charge is -2.12. The fourth-order valence-corrected chi connectivity index (χ4v) is 1.11. The molecule has 0 N–H and O–H groups in total. The summed E-state index contributed by atoms with van der Waals surface area (Å²) >= 11 is 10.6. The highest BCUT2D eigenvalue weighted by atomic mass is 35.5. The van der Waals surface area contributed by atoms with Gasteiger partial charge in [-0.15, -0.1) is 13.2 Å². The molecular weight excluding hydrogens is 197 g/mol. The molecule has 0 aromatic rings. The molecule has 0 saturated carbocycles. The van der Waals surface area contributed by atoms with Crippen LogP contribution in [0, 0.1) is 5.92 Å². The Morgan fingerprint density at radius 2 is 1.75 bits per heavy atom. The van der Waals surface area contributed by atoms with Gasteiger partial charge in [0.05, 0.1) is 0 Å². The highest BCUT2D eigenvalue weighted by Gasteiger charge is 2.19. The molecule has 0 bridgehead atoms. The van der Waals surface area contributed by atoms with Crippen LogP contribution in [-0.4, -0.2) is 9.85 Å². The third-order valence-corrected chi connectivity index (χ3v) is 1.75. The molecule has 0 saturated heterocycles. The molecule has 0 spiro atoms. The summed E-state index contributed by atoms with van der Waals surface area (Å²) in [5, 5.41) is 0. The fourth-order valence-electron chi connectivity index (χ4n) is 0.838. The smallest absolute Gasteiger partial charge is 0.255 e. The minimum absolute atomic E-state index is 0.241. The quantitative estimate of drug-likeness (QED) is 0.502. The summed E-state index contributed by atoms with van der Waals surface area (Å²) in [4.78, 5) is 11.2. The Bertz CT molecular complexity index is 170. The topological polar surface area (TPSA) is 20.3 Å². The summed E-state index contributed by atoms with van der Waals surface area (Å²) in [6.07, 6.45) is 4.42. The van der Waals surface area contributed by atoms with E-state index in [-0.39, 0.29) is 11.8 Å². The average molecular weight is 208 g/mol. The number of hydrogen-bond acceptors (Lipinski definition) is 1. The number of nitrogens with zero attached hydrogens (tertiary/aromatic N) is 1. The molecule has 0 radical (unpaired) electrons. The van der Waals surface area contributed by atoms with Crippen LogP contribution in [0.25, 0.3) is 0 Å². The summed E-state index contributed by atoms with van der Waals surface area (Å²) < 4.78 is 0.553. The van der Waals surface area contributed by atoms with E-state index in [0.717, 1.165) is 0 Å². The Morgan fingerprint density at radius 1 is 1.33 bits per heavy atom. The van der Waals surface area contributed by atoms with Crippen molar-refractivity contribution in [1.29, 1.82) is 0 Å². The van der Waals surface area contributed by atoms with Crippen LogP contribution in [0.1, 0.15) is 12.8 Å². The molecule has 2 nitrogen and oxygen atoms in total. The summed E-state index contributed by atoms with van der Waals surface area (Å²) in [6.45, 7) is 7.07. The molecule has 0 aliphatic rings. The second kappa shape index (κ2) is 6.09. The largest absolute Gasteiger partial charge is 0.272 e. The van der Waals surface area contributed by atoms with Crippen LogP contribution >= 0.6 is 23.6 Å². The minimum atomic E-state index is -0.321. The van der Waals surface area contributed by atoms with Crippen LogP contribution in [0.3, 0.4) is 0 Å². The van der Waals surface area contributed by atoms with Gasteiger partial charge in [0.15, 0.2) is 0 Å². The fraction of sp³-hybridized carbons (Fsp3) is 0.375. The van der Waals surface area contributed by atoms with Gasteiger partial charge in [-0.05, 0) is 12.8 Å². The lowest BCUT2D eigenvalue weighted by atomic mass is 10.0. The first-order valence-electron chi connectivity index (χ1n) is 3.50. The van der Waals surface area contributed by atoms with E-state index in [1.54, 1.807) is 12.2 Å². The molecule has 0 unspecified atom stereocenters. The maximum absolute atomic E-state index is 11.2. The van der Waals surface area contributed by atoms with Gasteiger partial charge in [-0.25, -0.2) is 0 Å². The maximum Gasteiger partial charge on any atom is 0.255 e. The number of carbonyl (C=O) groups excluding carboxylic acids is 1. The zero-order valence-electron chi connectivity index (χ0n) is 6.67. The zero-order valence-corrected chi connectivity index (χ0v) is 8.18. The van der Waals surface area contributed by atoms with Crippen LogP contribution in [0.15, 0.2) is 25.3 Å². The molecular formula is C8H11Cl2NO. The molecule has 1 amide bonds. The van der Waals surface area contributed by atoms with Crippen molar-refractivity contribution in [2.24, 2.45) is 5.92 Å². The van der Waals surface area contributed by atoms with Gasteiger partial charge in [0.25, 0.3) is 5.91 Å². The van der Waals surface area contributed by atoms with Crippen molar-refractivity contribution in [2.75, 3.05) is 0 Å². The lowest BCUT2D eigenvalue weighted by Crippen LogP contribution is -2.21. The van der Waals surface area contributed by atoms with Crippen LogP contribution in [0.2, 0.25) is 0 Å². The highest BCUT2D eigenvalue weighted by Crippen LogP contribution is 2.16. The predicted octanol–water partition coefficient (Wildman–Crippen LogP) is 2.89. The summed E-state index contributed by atoms with van der Waals surface area (Å²) in [5.41, 5.74) is 0. The number of amides is 1. The van der Waals surface area contributed by atoms with Gasteiger partial charge in [-0.2, -0.15) is 3.94 Å². The Labute approximate surface area is 82.7 Å². The van der Waals surface area contributed by atoms with Crippen molar-refractivity contribution >= 4 is 29.5 Å². The van der Waals surface area contributed by atoms with E-state index in [0.29, 0.717) is 16.8 Å². The Balaban J connectivity index is 4.17. The van der Waals surface area contributed by atoms with Gasteiger partial charge in [0.1, 0.15) is 0 Å². The molecule has 12 heavy (non-hydrogen) atoms. The summed E-state index contributed by atoms with van der Waals surface area (Å²) in [7, 11) is 0. The molecule has 0 aliphatic carbocycles. The van der Waals surface area contributed by atoms with Crippen molar-refractivity contribution in [1.82, 2.24) is 3.94 Å². The first-order chi connectivity index (χ1) is 5.63. The van der Waals surface area contributed by atoms with E-state index in [2.05, 4.69) is 13.2 Å². The number of hydrogen-bond donors (Lipinski definition) is 0. The normalized spacial score (nSPS) is 9.58. The second-order valence-electron chi connectivity index (χ2n) is 2.32. The van der Waals surface area contributed by atoms with E-state index in [1.807, 2.05) is 0 Å². The number of rotatable bonds is 5. The van der Waals surface area contributed by atoms with Crippen LogP contribution < -0.4 is 0 Å². The Hall–Kier alpha value is -0.470. The van der Waals surface area contributed by atoms with Crippen molar-refractivity contribution in [3.63, 3.8) is 0 Å². The van der Waals surface area contributed by atoms with Crippen LogP contribution in [0.4, 0.5) is 0 Å². The average Bonchev–Trinajstić information content (AvgIpc) is 2.03. The van der Waals surface area contributed by atoms with E-state index in [4.69, 9.17) is 23.6 Å². The van der Waals surface area contributed by atoms with E-state index >= 15 is 0 Å². The molecule has 4 heteroatoms. The van der Waals surface area contributed by atoms with Gasteiger partial charge in [0.2, 0.25) is 0 Å². The van der Waals surface area contributed by atoms with Gasteiger partial charge in [-0.3, -0.25) is 4.79 Å². The van der Waals surface area contributed by atoms with Gasteiger partial charge < -0.3 is 0 Å². The van der Waals surface area contributed by atoms with E-state index in [9.17, 15) is 4.79 Å². The van der Waals surface area contributed by atoms with Crippen LogP contribution in [0.5, 0.6) is 0 Å². The Kier molecular flexibility index (Phi) is 5.85. The summed E-state index contributed by atoms with van der Waals surface area (Å²) in [5.74, 6) is -0.562. The predicted molar refractivity (Wildman–Crippen MR) is 51.7 cm³/mol. The standard InChI is InChI=1S/C8H11Cl2NO/c1-3-5-7(6-4-2)8(12)11(9)10/h3-4,7H,1-2,5-6H2. The maximum atomic E-state index is 11.2. The van der Waals surface area contributed by atoms with Crippen molar-refractivity contribution in [3.05, 3.63) is 25.3 Å². The Morgan fingerprint density at radius 3 is 2.00 bits per heavy atom. The number of carbonyl (C=O) groups is 1. The van der Waals surface area contributed by atoms with E-state index < -0.39 is 0 Å². The molecule has 68 valence electrons. The third-order valence-electron chi connectivity index (χ3n) is 1.42. The molecule has 0 atom stereocenters. The van der Waals surface area contributed by atoms with Gasteiger partial charge >= 0.3 is 0 Å². The van der Waals surface area contributed by atoms with Crippen molar-refractivity contribution in [3.8, 4) is 0 Å². The van der Waals surface area contributed by atoms with Gasteiger partial charge in [0, 0.05) is 29.5 Å². The molecule has 0 fully saturated rings. The number of allylic oxidation sites excluding steroid dienone is 2. The SMILES string of the molecule is C=CCC(CC=C)C(=O)N(Cl)Cl. The second-order valence-corrected chi connectivity index (χ2v) is 3.17. The lowest BCUT2D eigenvalue weighted by molar-refractivity contribution is -0.127. The monoisotopic (exact) mass is 207 g/mol. The first kappa shape index (κ1) is 11.5. The molecule has 0 aromatic carbocycles. The third kappa shape index (κ3) is 3.79. The van der Waals surface area contributed by atoms with Crippen LogP contribution in [-0.2, 0) is 4.79 Å². The van der Waals surface area contributed by atoms with E-state index in [1.165, 1.54) is 0 Å². The van der Waals surface area contributed by atoms with Gasteiger partial charge in [-0.1, -0.05) is 12.2 Å². The minimum Gasteiger partial charge on any atom is -0.272 e. The summed E-state index contributed by atoms with van der Waals surface area (Å²) in [6, 6.07) is 0. The molecule has 0 rings (SSSR count). The van der Waals surface area contributed by atoms with Crippen molar-refractivity contribution < 1.29 is 4.79 Å². The number of halogens is 2. The molecule has 0 aromatic heterocycles. The molecule has 0 aliphatic heterocycles. The van der Waals surface area contributed by atoms with Crippen molar-refractivity contribution in [2.45, 2.75) is 12.8 Å². The molecule has 0 heterocycles. The highest BCUT2D eigenvalue weighted by molar-refractivity contribution is 6.41. The first-order valence-corrected chi connectivity index (χ1v) is 4.18.